The molecule has 21 heavy (non-hydrogen) atoms. The van der Waals surface area contributed by atoms with Gasteiger partial charge in [-0.15, -0.1) is 0 Å². The largest absolute Gasteiger partial charge is 0.497 e. The molecule has 1 saturated heterocycles. The molecule has 1 heterocycles. The van der Waals surface area contributed by atoms with E-state index in [-0.39, 0.29) is 0 Å². The minimum absolute atomic E-state index is 0.314. The van der Waals surface area contributed by atoms with Gasteiger partial charge in [0.1, 0.15) is 5.82 Å². The van der Waals surface area contributed by atoms with Crippen molar-refractivity contribution in [2.45, 2.75) is 45.8 Å². The molecule has 2 rings (SSSR count). The first-order chi connectivity index (χ1) is 9.71. The lowest BCUT2D eigenvalue weighted by Gasteiger charge is -2.32. The number of methoxy groups -OCH3 is 1. The second-order valence-corrected chi connectivity index (χ2v) is 6.05. The standard InChI is InChI=1S/C15H22BFO4/c1-7-19-13-9-11(17)10(8-12(13)18-6)16-20-14(2,3)15(4,5)21-16/h8-9H,7H2,1-6H3. The Morgan fingerprint density at radius 2 is 1.67 bits per heavy atom. The predicted octanol–water partition coefficient (Wildman–Crippen LogP) is 2.53. The van der Waals surface area contributed by atoms with Gasteiger partial charge in [0.15, 0.2) is 11.5 Å². The van der Waals surface area contributed by atoms with E-state index in [1.54, 1.807) is 6.07 Å². The maximum Gasteiger partial charge on any atom is 0.497 e. The van der Waals surface area contributed by atoms with E-state index in [0.29, 0.717) is 23.6 Å². The fraction of sp³-hybridized carbons (Fsp3) is 0.600. The summed E-state index contributed by atoms with van der Waals surface area (Å²) < 4.78 is 36.7. The summed E-state index contributed by atoms with van der Waals surface area (Å²) in [6.07, 6.45) is 0. The van der Waals surface area contributed by atoms with Gasteiger partial charge in [0.2, 0.25) is 0 Å². The molecule has 0 unspecified atom stereocenters. The van der Waals surface area contributed by atoms with Crippen molar-refractivity contribution in [3.05, 3.63) is 17.9 Å². The number of rotatable bonds is 4. The van der Waals surface area contributed by atoms with Crippen LogP contribution in [0.3, 0.4) is 0 Å². The molecule has 0 amide bonds. The van der Waals surface area contributed by atoms with Gasteiger partial charge in [-0.3, -0.25) is 0 Å². The van der Waals surface area contributed by atoms with Gasteiger partial charge >= 0.3 is 7.12 Å². The summed E-state index contributed by atoms with van der Waals surface area (Å²) in [6.45, 7) is 9.98. The molecule has 0 aliphatic carbocycles. The summed E-state index contributed by atoms with van der Waals surface area (Å²) in [7, 11) is 0.753. The van der Waals surface area contributed by atoms with Gasteiger partial charge in [-0.25, -0.2) is 4.39 Å². The topological polar surface area (TPSA) is 36.9 Å². The fourth-order valence-electron chi connectivity index (χ4n) is 2.13. The summed E-state index contributed by atoms with van der Waals surface area (Å²) in [4.78, 5) is 0. The molecule has 116 valence electrons. The van der Waals surface area contributed by atoms with E-state index in [9.17, 15) is 4.39 Å². The first kappa shape index (κ1) is 16.1. The maximum absolute atomic E-state index is 14.3. The van der Waals surface area contributed by atoms with Crippen LogP contribution in [0.1, 0.15) is 34.6 Å². The lowest BCUT2D eigenvalue weighted by Crippen LogP contribution is -2.41. The smallest absolute Gasteiger partial charge is 0.493 e. The Morgan fingerprint density at radius 1 is 1.10 bits per heavy atom. The van der Waals surface area contributed by atoms with Crippen LogP contribution in [0.15, 0.2) is 12.1 Å². The van der Waals surface area contributed by atoms with Crippen molar-refractivity contribution < 1.29 is 23.2 Å². The summed E-state index contributed by atoms with van der Waals surface area (Å²) in [6, 6.07) is 2.88. The third kappa shape index (κ3) is 2.87. The van der Waals surface area contributed by atoms with Crippen LogP contribution in [0, 0.1) is 5.82 Å². The van der Waals surface area contributed by atoms with E-state index in [1.807, 2.05) is 34.6 Å². The Morgan fingerprint density at radius 3 is 2.14 bits per heavy atom. The fourth-order valence-corrected chi connectivity index (χ4v) is 2.13. The molecule has 1 aromatic carbocycles. The monoisotopic (exact) mass is 296 g/mol. The van der Waals surface area contributed by atoms with E-state index in [0.717, 1.165) is 0 Å². The third-order valence-electron chi connectivity index (χ3n) is 4.09. The predicted molar refractivity (Wildman–Crippen MR) is 79.8 cm³/mol. The van der Waals surface area contributed by atoms with Gasteiger partial charge in [0, 0.05) is 11.5 Å². The molecule has 0 N–H and O–H groups in total. The molecule has 1 fully saturated rings. The van der Waals surface area contributed by atoms with E-state index in [2.05, 4.69) is 0 Å². The van der Waals surface area contributed by atoms with Crippen LogP contribution in [0.2, 0.25) is 0 Å². The van der Waals surface area contributed by atoms with E-state index < -0.39 is 24.1 Å². The SMILES string of the molecule is CCOc1cc(F)c(B2OC(C)(C)C(C)(C)O2)cc1OC. The molecular weight excluding hydrogens is 274 g/mol. The van der Waals surface area contributed by atoms with Gasteiger partial charge in [-0.05, 0) is 40.7 Å². The normalized spacial score (nSPS) is 19.7. The molecule has 0 saturated carbocycles. The van der Waals surface area contributed by atoms with Gasteiger partial charge in [0.05, 0.1) is 24.9 Å². The van der Waals surface area contributed by atoms with Crippen molar-refractivity contribution in [2.24, 2.45) is 0 Å². The Labute approximate surface area is 125 Å². The Balaban J connectivity index is 2.38. The highest BCUT2D eigenvalue weighted by Crippen LogP contribution is 2.37. The molecule has 6 heteroatoms. The van der Waals surface area contributed by atoms with E-state index in [1.165, 1.54) is 13.2 Å². The first-order valence-corrected chi connectivity index (χ1v) is 7.07. The molecule has 0 atom stereocenters. The minimum Gasteiger partial charge on any atom is -0.493 e. The average molecular weight is 296 g/mol. The molecule has 1 aliphatic heterocycles. The van der Waals surface area contributed by atoms with Crippen LogP contribution in [0.25, 0.3) is 0 Å². The number of halogens is 1. The molecular formula is C15H22BFO4. The highest BCUT2D eigenvalue weighted by atomic mass is 19.1. The lowest BCUT2D eigenvalue weighted by atomic mass is 9.78. The molecule has 1 aliphatic rings. The van der Waals surface area contributed by atoms with Crippen molar-refractivity contribution in [3.63, 3.8) is 0 Å². The number of benzene rings is 1. The zero-order valence-electron chi connectivity index (χ0n) is 13.5. The molecule has 1 aromatic rings. The van der Waals surface area contributed by atoms with E-state index >= 15 is 0 Å². The van der Waals surface area contributed by atoms with Crippen molar-refractivity contribution >= 4 is 12.6 Å². The Hall–Kier alpha value is -1.27. The van der Waals surface area contributed by atoms with Gasteiger partial charge in [-0.2, -0.15) is 0 Å². The van der Waals surface area contributed by atoms with Crippen LogP contribution < -0.4 is 14.9 Å². The quantitative estimate of drug-likeness (QED) is 0.800. The second kappa shape index (κ2) is 5.50. The lowest BCUT2D eigenvalue weighted by molar-refractivity contribution is 0.00578. The zero-order chi connectivity index (χ0) is 15.8. The third-order valence-corrected chi connectivity index (χ3v) is 4.09. The number of hydrogen-bond donors (Lipinski definition) is 0. The highest BCUT2D eigenvalue weighted by molar-refractivity contribution is 6.62. The van der Waals surface area contributed by atoms with Crippen molar-refractivity contribution in [1.82, 2.24) is 0 Å². The summed E-state index contributed by atoms with van der Waals surface area (Å²) in [5.74, 6) is 0.401. The molecule has 0 spiro atoms. The van der Waals surface area contributed by atoms with Crippen molar-refractivity contribution in [2.75, 3.05) is 13.7 Å². The maximum atomic E-state index is 14.3. The van der Waals surface area contributed by atoms with Gasteiger partial charge in [0.25, 0.3) is 0 Å². The van der Waals surface area contributed by atoms with Crippen LogP contribution in [-0.2, 0) is 9.31 Å². The number of hydrogen-bond acceptors (Lipinski definition) is 4. The van der Waals surface area contributed by atoms with Crippen molar-refractivity contribution in [1.29, 1.82) is 0 Å². The van der Waals surface area contributed by atoms with Crippen LogP contribution in [0.5, 0.6) is 11.5 Å². The minimum atomic E-state index is -0.764. The number of ether oxygens (including phenoxy) is 2. The Kier molecular flexibility index (Phi) is 4.22. The van der Waals surface area contributed by atoms with Crippen LogP contribution in [-0.4, -0.2) is 32.0 Å². The van der Waals surface area contributed by atoms with E-state index in [4.69, 9.17) is 18.8 Å². The second-order valence-electron chi connectivity index (χ2n) is 6.05. The molecule has 0 aromatic heterocycles. The van der Waals surface area contributed by atoms with Crippen LogP contribution >= 0.6 is 0 Å². The van der Waals surface area contributed by atoms with Gasteiger partial charge in [-0.1, -0.05) is 0 Å². The summed E-state index contributed by atoms with van der Waals surface area (Å²) >= 11 is 0. The first-order valence-electron chi connectivity index (χ1n) is 7.07. The summed E-state index contributed by atoms with van der Waals surface area (Å²) in [5.41, 5.74) is -0.722. The van der Waals surface area contributed by atoms with Gasteiger partial charge < -0.3 is 18.8 Å². The van der Waals surface area contributed by atoms with Crippen molar-refractivity contribution in [3.8, 4) is 11.5 Å². The summed E-state index contributed by atoms with van der Waals surface area (Å²) in [5, 5.41) is 0. The molecule has 4 nitrogen and oxygen atoms in total. The average Bonchev–Trinajstić information content (AvgIpc) is 2.59. The Bertz CT molecular complexity index is 515. The zero-order valence-corrected chi connectivity index (χ0v) is 13.5. The highest BCUT2D eigenvalue weighted by Gasteiger charge is 2.52. The molecule has 0 bridgehead atoms. The molecule has 0 radical (unpaired) electrons. The van der Waals surface area contributed by atoms with Crippen LogP contribution in [0.4, 0.5) is 4.39 Å².